The molecule has 1 aliphatic rings. The fraction of sp³-hybridized carbons (Fsp3) is 0.500. The van der Waals surface area contributed by atoms with Gasteiger partial charge in [-0.05, 0) is 44.5 Å². The van der Waals surface area contributed by atoms with E-state index in [1.54, 1.807) is 7.11 Å². The second-order valence-electron chi connectivity index (χ2n) is 5.51. The minimum atomic E-state index is 0.0124. The molecule has 21 heavy (non-hydrogen) atoms. The van der Waals surface area contributed by atoms with Gasteiger partial charge in [-0.25, -0.2) is 0 Å². The molecule has 0 bridgehead atoms. The van der Waals surface area contributed by atoms with E-state index in [0.29, 0.717) is 5.82 Å². The second-order valence-corrected chi connectivity index (χ2v) is 5.51. The van der Waals surface area contributed by atoms with Crippen molar-refractivity contribution >= 4 is 0 Å². The summed E-state index contributed by atoms with van der Waals surface area (Å²) in [5.74, 6) is 2.13. The summed E-state index contributed by atoms with van der Waals surface area (Å²) in [5, 5.41) is 7.57. The average Bonchev–Trinajstić information content (AvgIpc) is 3.06. The standard InChI is InChI=1S/C16H21N3O2/c1-3-16(8-10-17-11-9-16)15-18-14(19-21-15)12-6-4-5-7-13(12)20-2/h4-7,17H,3,8-11H2,1-2H3. The van der Waals surface area contributed by atoms with E-state index >= 15 is 0 Å². The Hall–Kier alpha value is -1.88. The molecule has 0 radical (unpaired) electrons. The third-order valence-electron chi connectivity index (χ3n) is 4.47. The van der Waals surface area contributed by atoms with Crippen molar-refractivity contribution in [2.24, 2.45) is 0 Å². The molecule has 1 fully saturated rings. The number of nitrogens with zero attached hydrogens (tertiary/aromatic N) is 2. The van der Waals surface area contributed by atoms with Gasteiger partial charge in [0, 0.05) is 0 Å². The van der Waals surface area contributed by atoms with E-state index < -0.39 is 0 Å². The Kier molecular flexibility index (Phi) is 3.92. The van der Waals surface area contributed by atoms with E-state index in [-0.39, 0.29) is 5.41 Å². The van der Waals surface area contributed by atoms with Crippen molar-refractivity contribution in [1.82, 2.24) is 15.5 Å². The quantitative estimate of drug-likeness (QED) is 0.937. The van der Waals surface area contributed by atoms with Crippen LogP contribution in [-0.4, -0.2) is 30.3 Å². The maximum absolute atomic E-state index is 5.61. The molecule has 1 N–H and O–H groups in total. The van der Waals surface area contributed by atoms with Crippen LogP contribution in [0.4, 0.5) is 0 Å². The van der Waals surface area contributed by atoms with Crippen molar-refractivity contribution in [2.45, 2.75) is 31.6 Å². The van der Waals surface area contributed by atoms with E-state index in [2.05, 4.69) is 22.4 Å². The van der Waals surface area contributed by atoms with E-state index in [1.807, 2.05) is 24.3 Å². The molecule has 0 amide bonds. The summed E-state index contributed by atoms with van der Waals surface area (Å²) in [6.45, 7) is 4.19. The first-order chi connectivity index (χ1) is 10.3. The third-order valence-corrected chi connectivity index (χ3v) is 4.47. The number of hydrogen-bond donors (Lipinski definition) is 1. The molecule has 0 atom stereocenters. The van der Waals surface area contributed by atoms with Crippen molar-refractivity contribution in [3.05, 3.63) is 30.2 Å². The van der Waals surface area contributed by atoms with Crippen molar-refractivity contribution in [2.75, 3.05) is 20.2 Å². The van der Waals surface area contributed by atoms with Crippen molar-refractivity contribution in [1.29, 1.82) is 0 Å². The molecule has 1 saturated heterocycles. The normalized spacial score (nSPS) is 17.6. The maximum Gasteiger partial charge on any atom is 0.233 e. The smallest absolute Gasteiger partial charge is 0.233 e. The Morgan fingerprint density at radius 2 is 2.05 bits per heavy atom. The van der Waals surface area contributed by atoms with Crippen molar-refractivity contribution in [3.63, 3.8) is 0 Å². The number of hydrogen-bond acceptors (Lipinski definition) is 5. The number of ether oxygens (including phenoxy) is 1. The predicted molar refractivity (Wildman–Crippen MR) is 80.4 cm³/mol. The van der Waals surface area contributed by atoms with Crippen molar-refractivity contribution < 1.29 is 9.26 Å². The van der Waals surface area contributed by atoms with Gasteiger partial charge in [-0.3, -0.25) is 0 Å². The first-order valence-electron chi connectivity index (χ1n) is 7.47. The molecular weight excluding hydrogens is 266 g/mol. The fourth-order valence-electron chi connectivity index (χ4n) is 3.00. The molecule has 0 aliphatic carbocycles. The van der Waals surface area contributed by atoms with Gasteiger partial charge in [-0.15, -0.1) is 0 Å². The van der Waals surface area contributed by atoms with Crippen LogP contribution < -0.4 is 10.1 Å². The molecule has 0 spiro atoms. The monoisotopic (exact) mass is 287 g/mol. The van der Waals surface area contributed by atoms with Crippen LogP contribution >= 0.6 is 0 Å². The minimum Gasteiger partial charge on any atom is -0.496 e. The molecular formula is C16H21N3O2. The number of methoxy groups -OCH3 is 1. The summed E-state index contributed by atoms with van der Waals surface area (Å²) >= 11 is 0. The summed E-state index contributed by atoms with van der Waals surface area (Å²) in [4.78, 5) is 4.67. The molecule has 2 aromatic rings. The summed E-state index contributed by atoms with van der Waals surface area (Å²) in [6, 6.07) is 7.75. The largest absolute Gasteiger partial charge is 0.496 e. The lowest BCUT2D eigenvalue weighted by Crippen LogP contribution is -2.39. The van der Waals surface area contributed by atoms with Crippen LogP contribution in [0.15, 0.2) is 28.8 Å². The molecule has 0 unspecified atom stereocenters. The highest BCUT2D eigenvalue weighted by molar-refractivity contribution is 5.63. The number of rotatable bonds is 4. The molecule has 5 heteroatoms. The fourth-order valence-corrected chi connectivity index (χ4v) is 3.00. The van der Waals surface area contributed by atoms with Gasteiger partial charge in [0.15, 0.2) is 0 Å². The van der Waals surface area contributed by atoms with E-state index in [4.69, 9.17) is 9.26 Å². The predicted octanol–water partition coefficient (Wildman–Crippen LogP) is 2.78. The van der Waals surface area contributed by atoms with Crippen LogP contribution in [0.2, 0.25) is 0 Å². The summed E-state index contributed by atoms with van der Waals surface area (Å²) in [5.41, 5.74) is 0.883. The zero-order valence-corrected chi connectivity index (χ0v) is 12.6. The Labute approximate surface area is 124 Å². The molecule has 0 saturated carbocycles. The highest BCUT2D eigenvalue weighted by Crippen LogP contribution is 2.37. The first kappa shape index (κ1) is 14.1. The third kappa shape index (κ3) is 2.53. The summed E-state index contributed by atoms with van der Waals surface area (Å²) < 4.78 is 11.0. The van der Waals surface area contributed by atoms with Crippen LogP contribution in [0.25, 0.3) is 11.4 Å². The van der Waals surface area contributed by atoms with Gasteiger partial charge >= 0.3 is 0 Å². The maximum atomic E-state index is 5.61. The lowest BCUT2D eigenvalue weighted by atomic mass is 9.76. The number of piperidine rings is 1. The van der Waals surface area contributed by atoms with Gasteiger partial charge in [-0.2, -0.15) is 4.98 Å². The topological polar surface area (TPSA) is 60.2 Å². The number of nitrogens with one attached hydrogen (secondary N) is 1. The van der Waals surface area contributed by atoms with Crippen LogP contribution in [-0.2, 0) is 5.41 Å². The van der Waals surface area contributed by atoms with Crippen LogP contribution in [0, 0.1) is 0 Å². The van der Waals surface area contributed by atoms with Gasteiger partial charge < -0.3 is 14.6 Å². The van der Waals surface area contributed by atoms with Crippen LogP contribution in [0.5, 0.6) is 5.75 Å². The molecule has 2 heterocycles. The Morgan fingerprint density at radius 3 is 2.76 bits per heavy atom. The number of benzene rings is 1. The van der Waals surface area contributed by atoms with Crippen LogP contribution in [0.3, 0.4) is 0 Å². The average molecular weight is 287 g/mol. The Bertz CT molecular complexity index is 603. The molecule has 1 aliphatic heterocycles. The Morgan fingerprint density at radius 1 is 1.29 bits per heavy atom. The lowest BCUT2D eigenvalue weighted by molar-refractivity contribution is 0.216. The second kappa shape index (κ2) is 5.85. The van der Waals surface area contributed by atoms with Crippen LogP contribution in [0.1, 0.15) is 32.1 Å². The first-order valence-corrected chi connectivity index (χ1v) is 7.47. The van der Waals surface area contributed by atoms with E-state index in [1.165, 1.54) is 0 Å². The molecule has 5 nitrogen and oxygen atoms in total. The zero-order valence-electron chi connectivity index (χ0n) is 12.6. The number of aromatic nitrogens is 2. The van der Waals surface area contributed by atoms with E-state index in [0.717, 1.165) is 49.6 Å². The van der Waals surface area contributed by atoms with Gasteiger partial charge in [0.05, 0.1) is 18.1 Å². The molecule has 1 aromatic carbocycles. The van der Waals surface area contributed by atoms with Gasteiger partial charge in [0.2, 0.25) is 11.7 Å². The van der Waals surface area contributed by atoms with Gasteiger partial charge in [0.1, 0.15) is 5.75 Å². The highest BCUT2D eigenvalue weighted by Gasteiger charge is 2.37. The van der Waals surface area contributed by atoms with Crippen molar-refractivity contribution in [3.8, 4) is 17.1 Å². The van der Waals surface area contributed by atoms with Gasteiger partial charge in [-0.1, -0.05) is 24.2 Å². The zero-order chi connectivity index (χ0) is 14.7. The minimum absolute atomic E-state index is 0.0124. The molecule has 1 aromatic heterocycles. The van der Waals surface area contributed by atoms with E-state index in [9.17, 15) is 0 Å². The highest BCUT2D eigenvalue weighted by atomic mass is 16.5. The summed E-state index contributed by atoms with van der Waals surface area (Å²) in [6.07, 6.45) is 3.09. The number of para-hydroxylation sites is 1. The molecule has 3 rings (SSSR count). The SMILES string of the molecule is CCC1(c2nc(-c3ccccc3OC)no2)CCNCC1. The molecule has 112 valence electrons. The lowest BCUT2D eigenvalue weighted by Gasteiger charge is -2.33. The Balaban J connectivity index is 1.96. The summed E-state index contributed by atoms with van der Waals surface area (Å²) in [7, 11) is 1.65. The van der Waals surface area contributed by atoms with Gasteiger partial charge in [0.25, 0.3) is 0 Å².